The van der Waals surface area contributed by atoms with Crippen molar-refractivity contribution in [3.8, 4) is 5.88 Å². The second-order valence-electron chi connectivity index (χ2n) is 3.69. The average Bonchev–Trinajstić information content (AvgIpc) is 2.76. The summed E-state index contributed by atoms with van der Waals surface area (Å²) in [5.74, 6) is 1.51. The molecule has 4 nitrogen and oxygen atoms in total. The Labute approximate surface area is 108 Å². The van der Waals surface area contributed by atoms with E-state index >= 15 is 0 Å². The van der Waals surface area contributed by atoms with Crippen LogP contribution in [0.3, 0.4) is 0 Å². The zero-order valence-corrected chi connectivity index (χ0v) is 11.3. The molecule has 1 unspecified atom stereocenters. The van der Waals surface area contributed by atoms with Gasteiger partial charge >= 0.3 is 0 Å². The highest BCUT2D eigenvalue weighted by Crippen LogP contribution is 2.29. The molecule has 0 aliphatic rings. The minimum atomic E-state index is 0.108. The van der Waals surface area contributed by atoms with Gasteiger partial charge in [-0.3, -0.25) is 0 Å². The number of halogens is 1. The van der Waals surface area contributed by atoms with Gasteiger partial charge in [-0.25, -0.2) is 9.97 Å². The fourth-order valence-electron chi connectivity index (χ4n) is 1.58. The summed E-state index contributed by atoms with van der Waals surface area (Å²) in [4.78, 5) is 8.29. The number of alkyl halides is 1. The van der Waals surface area contributed by atoms with Crippen molar-refractivity contribution < 1.29 is 9.15 Å². The van der Waals surface area contributed by atoms with E-state index in [4.69, 9.17) is 9.15 Å². The predicted molar refractivity (Wildman–Crippen MR) is 67.4 cm³/mol. The normalized spacial score (nSPS) is 12.4. The van der Waals surface area contributed by atoms with Crippen LogP contribution in [-0.2, 0) is 6.42 Å². The molecule has 0 aliphatic heterocycles. The molecule has 1 atom stereocenters. The molecule has 0 bridgehead atoms. The van der Waals surface area contributed by atoms with Crippen molar-refractivity contribution in [3.63, 3.8) is 0 Å². The summed E-state index contributed by atoms with van der Waals surface area (Å²) in [6.07, 6.45) is 3.93. The second kappa shape index (κ2) is 5.31. The highest BCUT2D eigenvalue weighted by molar-refractivity contribution is 9.09. The Bertz CT molecular complexity index is 499. The third kappa shape index (κ3) is 2.85. The Morgan fingerprint density at radius 3 is 2.94 bits per heavy atom. The number of furan rings is 1. The van der Waals surface area contributed by atoms with E-state index in [0.717, 1.165) is 23.4 Å². The molecular weight excluding hydrogens is 284 g/mol. The molecule has 5 heteroatoms. The summed E-state index contributed by atoms with van der Waals surface area (Å²) in [7, 11) is 1.59. The summed E-state index contributed by atoms with van der Waals surface area (Å²) in [5.41, 5.74) is 2.04. The Morgan fingerprint density at radius 2 is 2.29 bits per heavy atom. The third-order valence-electron chi connectivity index (χ3n) is 2.48. The van der Waals surface area contributed by atoms with Gasteiger partial charge in [-0.1, -0.05) is 15.9 Å². The van der Waals surface area contributed by atoms with E-state index in [1.165, 1.54) is 6.33 Å². The maximum Gasteiger partial charge on any atom is 0.216 e. The van der Waals surface area contributed by atoms with Crippen LogP contribution >= 0.6 is 15.9 Å². The topological polar surface area (TPSA) is 48.2 Å². The van der Waals surface area contributed by atoms with E-state index in [2.05, 4.69) is 25.9 Å². The van der Waals surface area contributed by atoms with E-state index in [0.29, 0.717) is 5.88 Å². The van der Waals surface area contributed by atoms with E-state index in [1.54, 1.807) is 13.4 Å². The SMILES string of the molecule is COc1cc(CC(Br)c2occc2C)ncn1. The molecular formula is C12H13BrN2O2. The van der Waals surface area contributed by atoms with E-state index in [9.17, 15) is 0 Å². The molecule has 0 saturated heterocycles. The molecule has 0 saturated carbocycles. The van der Waals surface area contributed by atoms with Gasteiger partial charge in [0.25, 0.3) is 0 Å². The lowest BCUT2D eigenvalue weighted by Gasteiger charge is -2.08. The molecule has 0 radical (unpaired) electrons. The lowest BCUT2D eigenvalue weighted by Crippen LogP contribution is -1.99. The van der Waals surface area contributed by atoms with Crippen molar-refractivity contribution in [1.82, 2.24) is 9.97 Å². The molecule has 0 amide bonds. The van der Waals surface area contributed by atoms with E-state index in [-0.39, 0.29) is 4.83 Å². The molecule has 2 aromatic heterocycles. The average molecular weight is 297 g/mol. The molecule has 2 aromatic rings. The van der Waals surface area contributed by atoms with E-state index in [1.807, 2.05) is 19.1 Å². The smallest absolute Gasteiger partial charge is 0.216 e. The number of hydrogen-bond donors (Lipinski definition) is 0. The summed E-state index contributed by atoms with van der Waals surface area (Å²) in [6, 6.07) is 3.77. The Hall–Kier alpha value is -1.36. The molecule has 90 valence electrons. The number of nitrogens with zero attached hydrogens (tertiary/aromatic N) is 2. The first-order valence-electron chi connectivity index (χ1n) is 5.23. The van der Waals surface area contributed by atoms with Crippen molar-refractivity contribution in [2.45, 2.75) is 18.2 Å². The Balaban J connectivity index is 2.13. The Morgan fingerprint density at radius 1 is 1.47 bits per heavy atom. The van der Waals surface area contributed by atoms with Gasteiger partial charge in [0, 0.05) is 18.2 Å². The molecule has 0 aromatic carbocycles. The van der Waals surface area contributed by atoms with Crippen LogP contribution in [0.2, 0.25) is 0 Å². The van der Waals surface area contributed by atoms with Crippen LogP contribution in [0, 0.1) is 6.92 Å². The van der Waals surface area contributed by atoms with Crippen molar-refractivity contribution in [3.05, 3.63) is 41.7 Å². The number of methoxy groups -OCH3 is 1. The number of ether oxygens (including phenoxy) is 1. The van der Waals surface area contributed by atoms with Crippen LogP contribution in [0.5, 0.6) is 5.88 Å². The van der Waals surface area contributed by atoms with Gasteiger partial charge in [0.15, 0.2) is 0 Å². The van der Waals surface area contributed by atoms with Crippen LogP contribution < -0.4 is 4.74 Å². The van der Waals surface area contributed by atoms with Gasteiger partial charge in [0.05, 0.1) is 18.2 Å². The first-order valence-corrected chi connectivity index (χ1v) is 6.15. The monoisotopic (exact) mass is 296 g/mol. The highest BCUT2D eigenvalue weighted by Gasteiger charge is 2.15. The van der Waals surface area contributed by atoms with Gasteiger partial charge in [-0.2, -0.15) is 0 Å². The quantitative estimate of drug-likeness (QED) is 0.814. The van der Waals surface area contributed by atoms with Crippen LogP contribution in [0.1, 0.15) is 21.8 Å². The van der Waals surface area contributed by atoms with Crippen LogP contribution in [-0.4, -0.2) is 17.1 Å². The number of aromatic nitrogens is 2. The summed E-state index contributed by atoms with van der Waals surface area (Å²) < 4.78 is 10.5. The summed E-state index contributed by atoms with van der Waals surface area (Å²) >= 11 is 3.60. The Kier molecular flexibility index (Phi) is 3.78. The van der Waals surface area contributed by atoms with Crippen molar-refractivity contribution in [1.29, 1.82) is 0 Å². The van der Waals surface area contributed by atoms with Crippen molar-refractivity contribution >= 4 is 15.9 Å². The zero-order valence-electron chi connectivity index (χ0n) is 9.68. The molecule has 0 N–H and O–H groups in total. The van der Waals surface area contributed by atoms with Gasteiger partial charge in [0.1, 0.15) is 12.1 Å². The summed E-state index contributed by atoms with van der Waals surface area (Å²) in [5, 5.41) is 0. The maximum absolute atomic E-state index is 5.43. The first kappa shape index (κ1) is 12.1. The van der Waals surface area contributed by atoms with Crippen molar-refractivity contribution in [2.75, 3.05) is 7.11 Å². The third-order valence-corrected chi connectivity index (χ3v) is 3.22. The highest BCUT2D eigenvalue weighted by atomic mass is 79.9. The lowest BCUT2D eigenvalue weighted by molar-refractivity contribution is 0.395. The standard InChI is InChI=1S/C12H13BrN2O2/c1-8-3-4-17-12(8)10(13)5-9-6-11(16-2)15-7-14-9/h3-4,6-7,10H,5H2,1-2H3. The maximum atomic E-state index is 5.43. The van der Waals surface area contributed by atoms with Gasteiger partial charge in [-0.15, -0.1) is 0 Å². The minimum absolute atomic E-state index is 0.108. The first-order chi connectivity index (χ1) is 8.20. The molecule has 2 heterocycles. The number of hydrogen-bond acceptors (Lipinski definition) is 4. The number of rotatable bonds is 4. The van der Waals surface area contributed by atoms with Crippen molar-refractivity contribution in [2.24, 2.45) is 0 Å². The minimum Gasteiger partial charge on any atom is -0.481 e. The fraction of sp³-hybridized carbons (Fsp3) is 0.333. The second-order valence-corrected chi connectivity index (χ2v) is 4.80. The number of aryl methyl sites for hydroxylation is 1. The van der Waals surface area contributed by atoms with Crippen LogP contribution in [0.4, 0.5) is 0 Å². The van der Waals surface area contributed by atoms with Gasteiger partial charge < -0.3 is 9.15 Å². The zero-order chi connectivity index (χ0) is 12.3. The molecule has 0 spiro atoms. The lowest BCUT2D eigenvalue weighted by atomic mass is 10.1. The van der Waals surface area contributed by atoms with E-state index < -0.39 is 0 Å². The van der Waals surface area contributed by atoms with Gasteiger partial charge in [0.2, 0.25) is 5.88 Å². The predicted octanol–water partition coefficient (Wildman–Crippen LogP) is 3.07. The molecule has 0 fully saturated rings. The van der Waals surface area contributed by atoms with Gasteiger partial charge in [-0.05, 0) is 18.6 Å². The molecule has 17 heavy (non-hydrogen) atoms. The summed E-state index contributed by atoms with van der Waals surface area (Å²) in [6.45, 7) is 2.02. The largest absolute Gasteiger partial charge is 0.481 e. The molecule has 0 aliphatic carbocycles. The van der Waals surface area contributed by atoms with Crippen LogP contribution in [0.15, 0.2) is 29.1 Å². The van der Waals surface area contributed by atoms with Crippen LogP contribution in [0.25, 0.3) is 0 Å². The fourth-order valence-corrected chi connectivity index (χ4v) is 2.38. The molecule has 2 rings (SSSR count).